The highest BCUT2D eigenvalue weighted by Crippen LogP contribution is 2.32. The molecule has 0 aliphatic carbocycles. The minimum atomic E-state index is -5.63. The van der Waals surface area contributed by atoms with E-state index < -0.39 is 18.5 Å². The van der Waals surface area contributed by atoms with Crippen LogP contribution >= 0.6 is 0 Å². The lowest BCUT2D eigenvalue weighted by molar-refractivity contribution is -0.308. The summed E-state index contributed by atoms with van der Waals surface area (Å²) in [5, 5.41) is 7.47. The van der Waals surface area contributed by atoms with Gasteiger partial charge < -0.3 is 9.84 Å². The first kappa shape index (κ1) is 26.2. The summed E-state index contributed by atoms with van der Waals surface area (Å²) < 4.78 is 70.5. The van der Waals surface area contributed by atoms with E-state index in [9.17, 15) is 31.1 Å². The van der Waals surface area contributed by atoms with E-state index in [0.717, 1.165) is 12.8 Å². The number of rotatable bonds is 4. The Morgan fingerprint density at radius 3 is 1.85 bits per heavy atom. The van der Waals surface area contributed by atoms with Crippen molar-refractivity contribution in [3.05, 3.63) is 42.5 Å². The van der Waals surface area contributed by atoms with Crippen molar-refractivity contribution in [3.63, 3.8) is 0 Å². The third kappa shape index (κ3) is 15.5. The van der Waals surface area contributed by atoms with Crippen molar-refractivity contribution in [2.75, 3.05) is 6.61 Å². The molecule has 150 valence electrons. The van der Waals surface area contributed by atoms with E-state index >= 15 is 0 Å². The Morgan fingerprint density at radius 1 is 1.15 bits per heavy atom. The van der Waals surface area contributed by atoms with Crippen LogP contribution in [0.15, 0.2) is 36.9 Å². The van der Waals surface area contributed by atoms with E-state index in [2.05, 4.69) is 18.2 Å². The second-order valence-corrected chi connectivity index (χ2v) is 4.79. The van der Waals surface area contributed by atoms with Gasteiger partial charge in [-0.25, -0.2) is 0 Å². The SMILES string of the molecule is C=Cc1ccccc1.CCCCOC(C)=O.OC(C(F)(F)F)C(F)(F)F. The van der Waals surface area contributed by atoms with Gasteiger partial charge in [0.2, 0.25) is 6.10 Å². The van der Waals surface area contributed by atoms with Crippen molar-refractivity contribution in [2.24, 2.45) is 0 Å². The summed E-state index contributed by atoms with van der Waals surface area (Å²) in [6.45, 7) is 7.69. The molecule has 0 aliphatic heterocycles. The zero-order valence-electron chi connectivity index (χ0n) is 14.4. The van der Waals surface area contributed by atoms with Crippen LogP contribution in [-0.4, -0.2) is 36.1 Å². The highest BCUT2D eigenvalue weighted by molar-refractivity contribution is 5.65. The Bertz CT molecular complexity index is 483. The Morgan fingerprint density at radius 2 is 1.62 bits per heavy atom. The molecular weight excluding hydrogens is 366 g/mol. The molecule has 0 radical (unpaired) electrons. The maximum Gasteiger partial charge on any atom is 0.423 e. The van der Waals surface area contributed by atoms with Crippen LogP contribution in [0.2, 0.25) is 0 Å². The van der Waals surface area contributed by atoms with Gasteiger partial charge in [0.05, 0.1) is 6.61 Å². The van der Waals surface area contributed by atoms with Crippen molar-refractivity contribution in [1.82, 2.24) is 0 Å². The first-order valence-electron chi connectivity index (χ1n) is 7.48. The first-order chi connectivity index (χ1) is 11.9. The van der Waals surface area contributed by atoms with Gasteiger partial charge in [0.25, 0.3) is 0 Å². The standard InChI is InChI=1S/C8H8.C6H12O2.C3H2F6O/c1-2-8-6-4-3-5-7-8;1-3-4-5-8-6(2)7;4-2(5,6)1(10)3(7,8)9/h2-7H,1H2;3-5H2,1-2H3;1,10H. The highest BCUT2D eigenvalue weighted by Gasteiger charge is 2.55. The summed E-state index contributed by atoms with van der Waals surface area (Å²) in [6, 6.07) is 10.0. The number of halogens is 6. The first-order valence-corrected chi connectivity index (χ1v) is 7.48. The monoisotopic (exact) mass is 388 g/mol. The quantitative estimate of drug-likeness (QED) is 0.441. The van der Waals surface area contributed by atoms with Gasteiger partial charge in [-0.2, -0.15) is 26.3 Å². The maximum absolute atomic E-state index is 11.0. The zero-order chi connectivity index (χ0) is 20.8. The van der Waals surface area contributed by atoms with Crippen LogP contribution in [0.3, 0.4) is 0 Å². The van der Waals surface area contributed by atoms with Gasteiger partial charge in [-0.3, -0.25) is 4.79 Å². The Kier molecular flexibility index (Phi) is 13.3. The molecule has 0 fully saturated rings. The number of aliphatic hydroxyl groups excluding tert-OH is 1. The molecule has 1 rings (SSSR count). The zero-order valence-corrected chi connectivity index (χ0v) is 14.4. The van der Waals surface area contributed by atoms with Crippen molar-refractivity contribution in [1.29, 1.82) is 0 Å². The van der Waals surface area contributed by atoms with E-state index in [0.29, 0.717) is 6.61 Å². The summed E-state index contributed by atoms with van der Waals surface area (Å²) in [5.41, 5.74) is 1.17. The van der Waals surface area contributed by atoms with Crippen LogP contribution in [-0.2, 0) is 9.53 Å². The third-order valence-corrected chi connectivity index (χ3v) is 2.46. The van der Waals surface area contributed by atoms with E-state index in [1.54, 1.807) is 0 Å². The summed E-state index contributed by atoms with van der Waals surface area (Å²) in [4.78, 5) is 10.1. The molecule has 9 heteroatoms. The molecule has 1 aromatic rings. The predicted molar refractivity (Wildman–Crippen MR) is 86.2 cm³/mol. The van der Waals surface area contributed by atoms with E-state index in [4.69, 9.17) is 5.11 Å². The van der Waals surface area contributed by atoms with Crippen LogP contribution in [0, 0.1) is 0 Å². The molecule has 0 heterocycles. The number of unbranched alkanes of at least 4 members (excludes halogenated alkanes) is 1. The molecule has 0 aromatic heterocycles. The lowest BCUT2D eigenvalue weighted by Crippen LogP contribution is -2.41. The fourth-order valence-electron chi connectivity index (χ4n) is 1.13. The van der Waals surface area contributed by atoms with Crippen LogP contribution < -0.4 is 0 Å². The number of ether oxygens (including phenoxy) is 1. The Labute approximate surface area is 148 Å². The number of hydrogen-bond donors (Lipinski definition) is 1. The average Bonchev–Trinajstić information content (AvgIpc) is 2.54. The van der Waals surface area contributed by atoms with Crippen LogP contribution in [0.1, 0.15) is 32.3 Å². The smallest absolute Gasteiger partial charge is 0.423 e. The summed E-state index contributed by atoms with van der Waals surface area (Å²) >= 11 is 0. The maximum atomic E-state index is 11.0. The van der Waals surface area contributed by atoms with Crippen molar-refractivity contribution >= 4 is 12.0 Å². The van der Waals surface area contributed by atoms with Crippen molar-refractivity contribution in [2.45, 2.75) is 45.1 Å². The molecule has 0 spiro atoms. The van der Waals surface area contributed by atoms with Gasteiger partial charge in [-0.1, -0.05) is 56.3 Å². The molecule has 0 amide bonds. The normalized spacial score (nSPS) is 10.8. The fourth-order valence-corrected chi connectivity index (χ4v) is 1.13. The predicted octanol–water partition coefficient (Wildman–Crippen LogP) is 5.15. The van der Waals surface area contributed by atoms with Crippen LogP contribution in [0.4, 0.5) is 26.3 Å². The lowest BCUT2D eigenvalue weighted by atomic mass is 10.2. The molecular formula is C17H22F6O3. The molecule has 0 unspecified atom stereocenters. The van der Waals surface area contributed by atoms with Gasteiger partial charge in [0, 0.05) is 6.92 Å². The molecule has 0 bridgehead atoms. The van der Waals surface area contributed by atoms with Gasteiger partial charge in [-0.05, 0) is 12.0 Å². The van der Waals surface area contributed by atoms with Crippen molar-refractivity contribution < 1.29 is 41.0 Å². The van der Waals surface area contributed by atoms with Crippen LogP contribution in [0.5, 0.6) is 0 Å². The number of hydrogen-bond acceptors (Lipinski definition) is 3. The number of benzene rings is 1. The lowest BCUT2D eigenvalue weighted by Gasteiger charge is -2.16. The van der Waals surface area contributed by atoms with Crippen molar-refractivity contribution in [3.8, 4) is 0 Å². The molecule has 1 aromatic carbocycles. The molecule has 0 saturated heterocycles. The average molecular weight is 388 g/mol. The second-order valence-electron chi connectivity index (χ2n) is 4.79. The van der Waals surface area contributed by atoms with Gasteiger partial charge in [0.1, 0.15) is 0 Å². The number of aliphatic hydroxyl groups is 1. The molecule has 3 nitrogen and oxygen atoms in total. The molecule has 0 saturated carbocycles. The third-order valence-electron chi connectivity index (χ3n) is 2.46. The number of carbonyl (C=O) groups excluding carboxylic acids is 1. The fraction of sp³-hybridized carbons (Fsp3) is 0.471. The number of esters is 1. The van der Waals surface area contributed by atoms with Crippen LogP contribution in [0.25, 0.3) is 6.08 Å². The Hall–Kier alpha value is -2.03. The summed E-state index contributed by atoms with van der Waals surface area (Å²) in [6.07, 6.45) is -11.6. The van der Waals surface area contributed by atoms with Gasteiger partial charge in [-0.15, -0.1) is 0 Å². The number of alkyl halides is 6. The second kappa shape index (κ2) is 13.2. The summed E-state index contributed by atoms with van der Waals surface area (Å²) in [7, 11) is 0. The van der Waals surface area contributed by atoms with E-state index in [1.165, 1.54) is 12.5 Å². The van der Waals surface area contributed by atoms with E-state index in [1.807, 2.05) is 36.4 Å². The highest BCUT2D eigenvalue weighted by atomic mass is 19.4. The summed E-state index contributed by atoms with van der Waals surface area (Å²) in [5.74, 6) is -0.182. The largest absolute Gasteiger partial charge is 0.466 e. The van der Waals surface area contributed by atoms with E-state index in [-0.39, 0.29) is 5.97 Å². The minimum absolute atomic E-state index is 0.182. The molecule has 0 atom stereocenters. The Balaban J connectivity index is 0. The molecule has 26 heavy (non-hydrogen) atoms. The topological polar surface area (TPSA) is 46.5 Å². The number of carbonyl (C=O) groups is 1. The molecule has 0 aliphatic rings. The van der Waals surface area contributed by atoms with Gasteiger partial charge >= 0.3 is 18.3 Å². The minimum Gasteiger partial charge on any atom is -0.466 e. The molecule has 1 N–H and O–H groups in total. The van der Waals surface area contributed by atoms with Gasteiger partial charge in [0.15, 0.2) is 0 Å².